The minimum atomic E-state index is -0.0445. The van der Waals surface area contributed by atoms with Gasteiger partial charge in [-0.05, 0) is 55.7 Å². The molecule has 146 valence electrons. The molecule has 1 N–H and O–H groups in total. The molecule has 29 heavy (non-hydrogen) atoms. The Labute approximate surface area is 173 Å². The Hall–Kier alpha value is -3.11. The summed E-state index contributed by atoms with van der Waals surface area (Å²) in [5.41, 5.74) is 4.03. The van der Waals surface area contributed by atoms with E-state index in [2.05, 4.69) is 29.6 Å². The van der Waals surface area contributed by atoms with Gasteiger partial charge in [-0.15, -0.1) is 0 Å². The second-order valence-corrected chi connectivity index (χ2v) is 7.63. The van der Waals surface area contributed by atoms with Crippen LogP contribution in [0.3, 0.4) is 0 Å². The van der Waals surface area contributed by atoms with E-state index in [1.165, 1.54) is 11.8 Å². The van der Waals surface area contributed by atoms with Crippen molar-refractivity contribution in [1.82, 2.24) is 0 Å². The minimum Gasteiger partial charge on any atom is -0.466 e. The largest absolute Gasteiger partial charge is 0.466 e. The molecule has 0 spiro atoms. The van der Waals surface area contributed by atoms with Crippen molar-refractivity contribution in [2.75, 3.05) is 5.32 Å². The van der Waals surface area contributed by atoms with Gasteiger partial charge in [0, 0.05) is 21.5 Å². The van der Waals surface area contributed by atoms with E-state index < -0.39 is 0 Å². The third-order valence-corrected chi connectivity index (χ3v) is 5.44. The molecule has 0 radical (unpaired) electrons. The molecule has 1 aromatic heterocycles. The van der Waals surface area contributed by atoms with E-state index in [4.69, 9.17) is 25.5 Å². The Morgan fingerprint density at radius 1 is 1.03 bits per heavy atom. The maximum Gasteiger partial charge on any atom is 0.161 e. The molecule has 0 bridgehead atoms. The summed E-state index contributed by atoms with van der Waals surface area (Å²) in [5, 5.41) is 6.34. The van der Waals surface area contributed by atoms with Crippen LogP contribution in [0.1, 0.15) is 19.3 Å². The molecule has 5 heteroatoms. The Morgan fingerprint density at radius 3 is 2.69 bits per heavy atom. The van der Waals surface area contributed by atoms with Crippen molar-refractivity contribution in [3.8, 4) is 0 Å². The van der Waals surface area contributed by atoms with Gasteiger partial charge in [-0.1, -0.05) is 35.4 Å². The number of hydrogen-bond donors (Lipinski definition) is 1. The van der Waals surface area contributed by atoms with Crippen molar-refractivity contribution >= 4 is 39.2 Å². The van der Waals surface area contributed by atoms with Crippen LogP contribution < -0.4 is 5.32 Å². The van der Waals surface area contributed by atoms with Gasteiger partial charge in [0.15, 0.2) is 5.76 Å². The summed E-state index contributed by atoms with van der Waals surface area (Å²) < 4.78 is 17.0. The summed E-state index contributed by atoms with van der Waals surface area (Å²) in [5.74, 6) is 0.753. The zero-order chi connectivity index (χ0) is 19.6. The van der Waals surface area contributed by atoms with Crippen LogP contribution in [0.5, 0.6) is 0 Å². The second-order valence-electron chi connectivity index (χ2n) is 7.19. The third kappa shape index (κ3) is 3.76. The molecule has 1 atom stereocenters. The minimum absolute atomic E-state index is 0.0445. The number of anilines is 1. The molecule has 2 heterocycles. The lowest BCUT2D eigenvalue weighted by atomic mass is 9.97. The van der Waals surface area contributed by atoms with Crippen molar-refractivity contribution < 1.29 is 13.9 Å². The van der Waals surface area contributed by atoms with Crippen molar-refractivity contribution in [3.63, 3.8) is 0 Å². The van der Waals surface area contributed by atoms with Gasteiger partial charge in [-0.25, -0.2) is 0 Å². The smallest absolute Gasteiger partial charge is 0.161 e. The second kappa shape index (κ2) is 7.72. The standard InChI is InChI=1S/C24H20ClNO3/c25-17-6-8-22-19(13-17)20-14-18(7-9-23(20)29-22)26-21(24-15-27-10-11-28-24)12-16-4-2-1-3-5-16/h1-2,4,6-11,13-15,21,26H,3,5,12H2. The number of benzene rings is 2. The van der Waals surface area contributed by atoms with Gasteiger partial charge >= 0.3 is 0 Å². The Bertz CT molecular complexity index is 1190. The average molecular weight is 406 g/mol. The Balaban J connectivity index is 1.48. The van der Waals surface area contributed by atoms with Gasteiger partial charge in [0.2, 0.25) is 0 Å². The fraction of sp³-hybridized carbons (Fsp3) is 0.167. The highest BCUT2D eigenvalue weighted by atomic mass is 35.5. The van der Waals surface area contributed by atoms with E-state index in [1.807, 2.05) is 30.3 Å². The molecular weight excluding hydrogens is 386 g/mol. The van der Waals surface area contributed by atoms with Gasteiger partial charge in [0.25, 0.3) is 0 Å². The van der Waals surface area contributed by atoms with Crippen LogP contribution in [0, 0.1) is 0 Å². The summed E-state index contributed by atoms with van der Waals surface area (Å²) in [6.07, 6.45) is 14.2. The lowest BCUT2D eigenvalue weighted by Gasteiger charge is -2.24. The quantitative estimate of drug-likeness (QED) is 0.494. The molecule has 3 aromatic rings. The topological polar surface area (TPSA) is 43.6 Å². The van der Waals surface area contributed by atoms with Gasteiger partial charge < -0.3 is 19.2 Å². The molecule has 0 saturated heterocycles. The number of hydrogen-bond acceptors (Lipinski definition) is 4. The van der Waals surface area contributed by atoms with Crippen LogP contribution in [0.15, 0.2) is 89.2 Å². The van der Waals surface area contributed by atoms with Crippen LogP contribution in [-0.4, -0.2) is 6.04 Å². The molecule has 1 unspecified atom stereocenters. The zero-order valence-electron chi connectivity index (χ0n) is 15.7. The normalized spacial score (nSPS) is 16.9. The number of halogens is 1. The molecule has 0 fully saturated rings. The van der Waals surface area contributed by atoms with Crippen LogP contribution in [-0.2, 0) is 9.47 Å². The van der Waals surface area contributed by atoms with Gasteiger partial charge in [0.1, 0.15) is 30.0 Å². The number of nitrogens with one attached hydrogen (secondary N) is 1. The SMILES string of the molecule is Clc1ccc2oc3ccc(NC(CC4=CC=CCC4)C4=COC=CO4)cc3c2c1. The molecule has 5 rings (SSSR count). The van der Waals surface area contributed by atoms with Gasteiger partial charge in [-0.2, -0.15) is 0 Å². The highest BCUT2D eigenvalue weighted by Crippen LogP contribution is 2.33. The molecule has 0 saturated carbocycles. The van der Waals surface area contributed by atoms with Crippen LogP contribution in [0.2, 0.25) is 5.02 Å². The molecule has 2 aliphatic rings. The Morgan fingerprint density at radius 2 is 1.90 bits per heavy atom. The summed E-state index contributed by atoms with van der Waals surface area (Å²) >= 11 is 6.20. The van der Waals surface area contributed by atoms with Gasteiger partial charge in [0.05, 0.1) is 6.04 Å². The van der Waals surface area contributed by atoms with Crippen molar-refractivity contribution in [3.05, 3.63) is 89.8 Å². The van der Waals surface area contributed by atoms with E-state index in [-0.39, 0.29) is 6.04 Å². The average Bonchev–Trinajstić information content (AvgIpc) is 3.12. The van der Waals surface area contributed by atoms with E-state index in [0.717, 1.165) is 52.6 Å². The van der Waals surface area contributed by atoms with Crippen LogP contribution in [0.25, 0.3) is 21.9 Å². The van der Waals surface area contributed by atoms with Crippen molar-refractivity contribution in [1.29, 1.82) is 0 Å². The first kappa shape index (κ1) is 18.0. The van der Waals surface area contributed by atoms with E-state index in [0.29, 0.717) is 5.02 Å². The van der Waals surface area contributed by atoms with Crippen molar-refractivity contribution in [2.45, 2.75) is 25.3 Å². The lowest BCUT2D eigenvalue weighted by molar-refractivity contribution is 0.240. The van der Waals surface area contributed by atoms with Crippen molar-refractivity contribution in [2.24, 2.45) is 0 Å². The first-order chi connectivity index (χ1) is 14.3. The molecular formula is C24H20ClNO3. The monoisotopic (exact) mass is 405 g/mol. The fourth-order valence-electron chi connectivity index (χ4n) is 3.78. The zero-order valence-corrected chi connectivity index (χ0v) is 16.5. The van der Waals surface area contributed by atoms with Gasteiger partial charge in [-0.3, -0.25) is 0 Å². The number of furan rings is 1. The molecule has 1 aliphatic carbocycles. The maximum absolute atomic E-state index is 6.20. The Kier molecular flexibility index (Phi) is 4.78. The summed E-state index contributed by atoms with van der Waals surface area (Å²) in [6, 6.07) is 11.7. The number of ether oxygens (including phenoxy) is 2. The molecule has 2 aromatic carbocycles. The molecule has 1 aliphatic heterocycles. The van der Waals surface area contributed by atoms with Crippen LogP contribution >= 0.6 is 11.6 Å². The number of allylic oxidation sites excluding steroid dienone is 3. The summed E-state index contributed by atoms with van der Waals surface area (Å²) in [6.45, 7) is 0. The van der Waals surface area contributed by atoms with Crippen LogP contribution in [0.4, 0.5) is 5.69 Å². The highest BCUT2D eigenvalue weighted by molar-refractivity contribution is 6.31. The summed E-state index contributed by atoms with van der Waals surface area (Å²) in [4.78, 5) is 0. The fourth-order valence-corrected chi connectivity index (χ4v) is 3.96. The first-order valence-corrected chi connectivity index (χ1v) is 10.0. The maximum atomic E-state index is 6.20. The predicted molar refractivity (Wildman–Crippen MR) is 117 cm³/mol. The number of rotatable bonds is 5. The van der Waals surface area contributed by atoms with E-state index in [9.17, 15) is 0 Å². The molecule has 4 nitrogen and oxygen atoms in total. The lowest BCUT2D eigenvalue weighted by Crippen LogP contribution is -2.24. The van der Waals surface area contributed by atoms with E-state index >= 15 is 0 Å². The third-order valence-electron chi connectivity index (χ3n) is 5.20. The highest BCUT2D eigenvalue weighted by Gasteiger charge is 2.20. The number of fused-ring (bicyclic) bond motifs is 3. The summed E-state index contributed by atoms with van der Waals surface area (Å²) in [7, 11) is 0. The first-order valence-electron chi connectivity index (χ1n) is 9.66. The molecule has 0 amide bonds. The predicted octanol–water partition coefficient (Wildman–Crippen LogP) is 7.05. The van der Waals surface area contributed by atoms with E-state index in [1.54, 1.807) is 12.5 Å².